The first-order valence-electron chi connectivity index (χ1n) is 11.5. The molecule has 11 heteroatoms. The third-order valence-electron chi connectivity index (χ3n) is 6.06. The van der Waals surface area contributed by atoms with Crippen molar-refractivity contribution >= 4 is 47.5 Å². The van der Waals surface area contributed by atoms with Gasteiger partial charge < -0.3 is 10.6 Å². The number of nitrogens with one attached hydrogen (secondary N) is 2. The molecule has 0 saturated carbocycles. The molecule has 0 atom stereocenters. The smallest absolute Gasteiger partial charge is 0.278 e. The van der Waals surface area contributed by atoms with Gasteiger partial charge in [-0.25, -0.2) is 18.7 Å². The predicted molar refractivity (Wildman–Crippen MR) is 145 cm³/mol. The maximum absolute atomic E-state index is 14.6. The summed E-state index contributed by atoms with van der Waals surface area (Å²) in [5.41, 5.74) is 3.01. The van der Waals surface area contributed by atoms with Crippen LogP contribution in [0.2, 0.25) is 0 Å². The fraction of sp³-hybridized carbons (Fsp3) is 0.360. The molecule has 5 rings (SSSR count). The average Bonchev–Trinajstić information content (AvgIpc) is 3.10. The molecule has 0 fully saturated rings. The molecular formula is C25H30Cl2FN7O. The molecule has 8 nitrogen and oxygen atoms in total. The van der Waals surface area contributed by atoms with E-state index in [1.54, 1.807) is 33.9 Å². The van der Waals surface area contributed by atoms with Crippen molar-refractivity contribution in [2.75, 3.05) is 11.9 Å². The van der Waals surface area contributed by atoms with Crippen LogP contribution in [-0.4, -0.2) is 30.9 Å². The molecule has 1 aliphatic heterocycles. The molecular weight excluding hydrogens is 504 g/mol. The van der Waals surface area contributed by atoms with Crippen LogP contribution in [0.4, 0.5) is 16.0 Å². The third-order valence-corrected chi connectivity index (χ3v) is 6.06. The second-order valence-electron chi connectivity index (χ2n) is 9.39. The molecule has 4 heterocycles. The molecule has 1 aromatic carbocycles. The highest BCUT2D eigenvalue weighted by Gasteiger charge is 2.24. The zero-order valence-electron chi connectivity index (χ0n) is 20.6. The van der Waals surface area contributed by atoms with Gasteiger partial charge in [0, 0.05) is 30.7 Å². The quantitative estimate of drug-likeness (QED) is 0.375. The summed E-state index contributed by atoms with van der Waals surface area (Å²) in [6.45, 7) is 8.59. The van der Waals surface area contributed by atoms with Crippen molar-refractivity contribution < 1.29 is 4.39 Å². The Morgan fingerprint density at radius 2 is 1.89 bits per heavy atom. The van der Waals surface area contributed by atoms with E-state index in [4.69, 9.17) is 4.98 Å². The van der Waals surface area contributed by atoms with Crippen LogP contribution < -0.4 is 16.2 Å². The van der Waals surface area contributed by atoms with Crippen molar-refractivity contribution in [1.82, 2.24) is 29.6 Å². The maximum Gasteiger partial charge on any atom is 0.278 e. The van der Waals surface area contributed by atoms with Gasteiger partial charge in [0.2, 0.25) is 5.95 Å². The van der Waals surface area contributed by atoms with Crippen molar-refractivity contribution in [2.24, 2.45) is 0 Å². The lowest BCUT2D eigenvalue weighted by atomic mass is 10.0. The lowest BCUT2D eigenvalue weighted by molar-refractivity contribution is 0.214. The fourth-order valence-electron chi connectivity index (χ4n) is 4.33. The minimum atomic E-state index is -1.62. The number of aromatic nitrogens is 5. The predicted octanol–water partition coefficient (Wildman–Crippen LogP) is 5.00. The molecule has 2 N–H and O–H groups in total. The first kappa shape index (κ1) is 27.6. The number of hydrogen-bond acceptors (Lipinski definition) is 6. The van der Waals surface area contributed by atoms with Gasteiger partial charge in [0.05, 0.1) is 11.4 Å². The van der Waals surface area contributed by atoms with Crippen molar-refractivity contribution in [3.05, 3.63) is 69.9 Å². The van der Waals surface area contributed by atoms with E-state index in [0.29, 0.717) is 22.7 Å². The standard InChI is InChI=1S/C25H28FN7O.2ClH/c1-15(2)32-23(34)20-14-29-24(30-18-6-5-17-13-27-9-7-16(17)11-18)31-22(20)33(32)19-8-10-28-21(12-19)25(3,4)26;;/h5-6,8,10-12,14-15,27H,7,9,13H2,1-4H3,(H,29,30,31);2*1H. The topological polar surface area (TPSA) is 89.7 Å². The van der Waals surface area contributed by atoms with E-state index in [-0.39, 0.29) is 42.1 Å². The summed E-state index contributed by atoms with van der Waals surface area (Å²) in [6, 6.07) is 9.48. The highest BCUT2D eigenvalue weighted by Crippen LogP contribution is 2.27. The summed E-state index contributed by atoms with van der Waals surface area (Å²) in [5.74, 6) is 0.385. The Labute approximate surface area is 221 Å². The average molecular weight is 534 g/mol. The SMILES string of the molecule is CC(C)n1c(=O)c2cnc(Nc3ccc4c(c3)CCNC4)nc2n1-c1ccnc(C(C)(C)F)c1.Cl.Cl. The van der Waals surface area contributed by atoms with Gasteiger partial charge in [-0.2, -0.15) is 4.98 Å². The first-order chi connectivity index (χ1) is 16.2. The molecule has 4 aromatic rings. The molecule has 3 aromatic heterocycles. The molecule has 0 saturated heterocycles. The molecule has 0 unspecified atom stereocenters. The first-order valence-corrected chi connectivity index (χ1v) is 11.5. The number of anilines is 2. The summed E-state index contributed by atoms with van der Waals surface area (Å²) in [6.07, 6.45) is 4.07. The highest BCUT2D eigenvalue weighted by molar-refractivity contribution is 5.85. The fourth-order valence-corrected chi connectivity index (χ4v) is 4.33. The number of nitrogens with zero attached hydrogens (tertiary/aromatic N) is 5. The van der Waals surface area contributed by atoms with Gasteiger partial charge in [0.1, 0.15) is 11.1 Å². The van der Waals surface area contributed by atoms with E-state index in [2.05, 4.69) is 32.7 Å². The van der Waals surface area contributed by atoms with Gasteiger partial charge in [0.25, 0.3) is 5.56 Å². The lowest BCUT2D eigenvalue weighted by Gasteiger charge is -2.19. The zero-order chi connectivity index (χ0) is 24.0. The van der Waals surface area contributed by atoms with Crippen LogP contribution >= 0.6 is 24.8 Å². The van der Waals surface area contributed by atoms with Crippen LogP contribution in [0.3, 0.4) is 0 Å². The summed E-state index contributed by atoms with van der Waals surface area (Å²) in [5, 5.41) is 7.05. The number of hydrogen-bond donors (Lipinski definition) is 2. The van der Waals surface area contributed by atoms with Gasteiger partial charge in [-0.1, -0.05) is 6.07 Å². The third kappa shape index (κ3) is 5.09. The summed E-state index contributed by atoms with van der Waals surface area (Å²) in [4.78, 5) is 26.5. The summed E-state index contributed by atoms with van der Waals surface area (Å²) >= 11 is 0. The van der Waals surface area contributed by atoms with Crippen molar-refractivity contribution in [1.29, 1.82) is 0 Å². The van der Waals surface area contributed by atoms with Crippen LogP contribution in [0.25, 0.3) is 16.7 Å². The van der Waals surface area contributed by atoms with Gasteiger partial charge >= 0.3 is 0 Å². The number of fused-ring (bicyclic) bond motifs is 2. The molecule has 0 aliphatic carbocycles. The van der Waals surface area contributed by atoms with Gasteiger partial charge in [-0.3, -0.25) is 9.78 Å². The summed E-state index contributed by atoms with van der Waals surface area (Å²) < 4.78 is 18.0. The lowest BCUT2D eigenvalue weighted by Crippen LogP contribution is -2.24. The zero-order valence-corrected chi connectivity index (χ0v) is 22.2. The number of alkyl halides is 1. The van der Waals surface area contributed by atoms with E-state index in [1.165, 1.54) is 25.0 Å². The van der Waals surface area contributed by atoms with Gasteiger partial charge in [0.15, 0.2) is 5.65 Å². The Bertz CT molecular complexity index is 1440. The van der Waals surface area contributed by atoms with E-state index in [0.717, 1.165) is 25.2 Å². The van der Waals surface area contributed by atoms with E-state index >= 15 is 0 Å². The number of halogens is 3. The molecule has 192 valence electrons. The Kier molecular flexibility index (Phi) is 8.07. The Morgan fingerprint density at radius 3 is 2.61 bits per heavy atom. The summed E-state index contributed by atoms with van der Waals surface area (Å²) in [7, 11) is 0. The second-order valence-corrected chi connectivity index (χ2v) is 9.39. The molecule has 36 heavy (non-hydrogen) atoms. The number of pyridine rings is 1. The molecule has 0 bridgehead atoms. The number of benzene rings is 1. The minimum absolute atomic E-state index is 0. The van der Waals surface area contributed by atoms with Crippen molar-refractivity contribution in [3.63, 3.8) is 0 Å². The van der Waals surface area contributed by atoms with Crippen LogP contribution in [0.15, 0.2) is 47.5 Å². The molecule has 0 spiro atoms. The normalized spacial score (nSPS) is 13.2. The van der Waals surface area contributed by atoms with Crippen LogP contribution in [0.1, 0.15) is 50.6 Å². The Balaban J connectivity index is 0.00000180. The van der Waals surface area contributed by atoms with Gasteiger partial charge in [-0.05, 0) is 76.1 Å². The van der Waals surface area contributed by atoms with E-state index < -0.39 is 5.67 Å². The van der Waals surface area contributed by atoms with Crippen molar-refractivity contribution in [2.45, 2.75) is 52.4 Å². The number of rotatable bonds is 5. The van der Waals surface area contributed by atoms with Crippen molar-refractivity contribution in [3.8, 4) is 5.69 Å². The highest BCUT2D eigenvalue weighted by atomic mass is 35.5. The van der Waals surface area contributed by atoms with E-state index in [9.17, 15) is 9.18 Å². The molecule has 0 amide bonds. The van der Waals surface area contributed by atoms with Crippen LogP contribution in [-0.2, 0) is 18.6 Å². The maximum atomic E-state index is 14.6. The monoisotopic (exact) mass is 533 g/mol. The second kappa shape index (κ2) is 10.5. The molecule has 1 aliphatic rings. The largest absolute Gasteiger partial charge is 0.324 e. The minimum Gasteiger partial charge on any atom is -0.324 e. The van der Waals surface area contributed by atoms with Gasteiger partial charge in [-0.15, -0.1) is 24.8 Å². The Hall–Kier alpha value is -3.01. The van der Waals surface area contributed by atoms with E-state index in [1.807, 2.05) is 19.9 Å². The van der Waals surface area contributed by atoms with Crippen LogP contribution in [0, 0.1) is 0 Å². The Morgan fingerprint density at radius 1 is 1.11 bits per heavy atom. The van der Waals surface area contributed by atoms with Crippen LogP contribution in [0.5, 0.6) is 0 Å². The molecule has 0 radical (unpaired) electrons.